The maximum absolute atomic E-state index is 5.68. The van der Waals surface area contributed by atoms with Gasteiger partial charge in [0, 0.05) is 18.2 Å². The second-order valence-corrected chi connectivity index (χ2v) is 5.83. The van der Waals surface area contributed by atoms with Crippen LogP contribution in [0.25, 0.3) is 11.3 Å². The quantitative estimate of drug-likeness (QED) is 0.364. The Hall–Kier alpha value is -3.28. The highest BCUT2D eigenvalue weighted by atomic mass is 16.5. The van der Waals surface area contributed by atoms with Crippen LogP contribution in [0.1, 0.15) is 12.6 Å². The number of rotatable bonds is 8. The summed E-state index contributed by atoms with van der Waals surface area (Å²) in [6, 6.07) is 21.6. The molecule has 0 unspecified atom stereocenters. The Morgan fingerprint density at radius 1 is 1.04 bits per heavy atom. The van der Waals surface area contributed by atoms with Crippen molar-refractivity contribution in [1.82, 2.24) is 15.8 Å². The van der Waals surface area contributed by atoms with E-state index < -0.39 is 0 Å². The molecule has 2 aromatic carbocycles. The topological polar surface area (TPSA) is 71.7 Å². The fraction of sp³-hybridized carbons (Fsp3) is 0.238. The van der Waals surface area contributed by atoms with Gasteiger partial charge in [-0.1, -0.05) is 53.7 Å². The molecular weight excluding hydrogens is 340 g/mol. The Morgan fingerprint density at radius 2 is 1.78 bits per heavy atom. The van der Waals surface area contributed by atoms with Crippen molar-refractivity contribution in [3.05, 3.63) is 72.4 Å². The van der Waals surface area contributed by atoms with Crippen LogP contribution in [0, 0.1) is 0 Å². The molecule has 2 N–H and O–H groups in total. The van der Waals surface area contributed by atoms with Crippen LogP contribution in [0.2, 0.25) is 0 Å². The zero-order valence-electron chi connectivity index (χ0n) is 15.4. The molecule has 0 aliphatic rings. The van der Waals surface area contributed by atoms with Crippen LogP contribution in [-0.4, -0.2) is 30.8 Å². The van der Waals surface area contributed by atoms with Crippen LogP contribution in [-0.2, 0) is 6.54 Å². The highest BCUT2D eigenvalue weighted by Crippen LogP contribution is 2.19. The van der Waals surface area contributed by atoms with Crippen molar-refractivity contribution in [2.45, 2.75) is 13.5 Å². The smallest absolute Gasteiger partial charge is 0.191 e. The van der Waals surface area contributed by atoms with E-state index in [9.17, 15) is 0 Å². The van der Waals surface area contributed by atoms with Gasteiger partial charge in [-0.25, -0.2) is 4.99 Å². The molecule has 140 valence electrons. The predicted octanol–water partition coefficient (Wildman–Crippen LogP) is 3.48. The number of guanidine groups is 1. The highest BCUT2D eigenvalue weighted by molar-refractivity contribution is 5.79. The number of hydrogen-bond donors (Lipinski definition) is 2. The number of ether oxygens (including phenoxy) is 1. The van der Waals surface area contributed by atoms with Gasteiger partial charge >= 0.3 is 0 Å². The number of benzene rings is 2. The van der Waals surface area contributed by atoms with E-state index >= 15 is 0 Å². The first-order valence-electron chi connectivity index (χ1n) is 9.06. The molecule has 0 amide bonds. The lowest BCUT2D eigenvalue weighted by atomic mass is 10.2. The van der Waals surface area contributed by atoms with Crippen LogP contribution in [0.4, 0.5) is 0 Å². The fourth-order valence-corrected chi connectivity index (χ4v) is 2.48. The summed E-state index contributed by atoms with van der Waals surface area (Å²) in [6.45, 7) is 4.44. The van der Waals surface area contributed by atoms with Crippen molar-refractivity contribution in [3.8, 4) is 17.1 Å². The van der Waals surface area contributed by atoms with E-state index in [1.807, 2.05) is 73.7 Å². The number of aromatic nitrogens is 1. The minimum absolute atomic E-state index is 0.436. The van der Waals surface area contributed by atoms with Gasteiger partial charge in [0.25, 0.3) is 0 Å². The lowest BCUT2D eigenvalue weighted by Crippen LogP contribution is -2.39. The largest absolute Gasteiger partial charge is 0.492 e. The summed E-state index contributed by atoms with van der Waals surface area (Å²) in [4.78, 5) is 4.55. The Bertz CT molecular complexity index is 832. The summed E-state index contributed by atoms with van der Waals surface area (Å²) in [6.07, 6.45) is 0. The van der Waals surface area contributed by atoms with Gasteiger partial charge in [0.1, 0.15) is 18.1 Å². The van der Waals surface area contributed by atoms with E-state index in [0.29, 0.717) is 19.7 Å². The molecule has 6 heteroatoms. The molecule has 3 rings (SSSR count). The van der Waals surface area contributed by atoms with Gasteiger partial charge in [-0.15, -0.1) is 0 Å². The van der Waals surface area contributed by atoms with Gasteiger partial charge in [-0.05, 0) is 19.1 Å². The Morgan fingerprint density at radius 3 is 2.52 bits per heavy atom. The van der Waals surface area contributed by atoms with Crippen LogP contribution in [0.5, 0.6) is 5.75 Å². The number of para-hydroxylation sites is 1. The molecule has 1 aromatic heterocycles. The van der Waals surface area contributed by atoms with E-state index in [0.717, 1.165) is 35.3 Å². The first kappa shape index (κ1) is 18.5. The first-order chi connectivity index (χ1) is 13.3. The van der Waals surface area contributed by atoms with Crippen LogP contribution in [0.15, 0.2) is 76.2 Å². The average molecular weight is 364 g/mol. The summed E-state index contributed by atoms with van der Waals surface area (Å²) >= 11 is 0. The minimum atomic E-state index is 0.436. The number of nitrogens with zero attached hydrogens (tertiary/aromatic N) is 2. The van der Waals surface area contributed by atoms with E-state index in [1.54, 1.807) is 0 Å². The van der Waals surface area contributed by atoms with E-state index in [1.165, 1.54) is 0 Å². The molecule has 0 radical (unpaired) electrons. The lowest BCUT2D eigenvalue weighted by molar-refractivity contribution is 0.322. The third-order valence-corrected chi connectivity index (χ3v) is 3.77. The van der Waals surface area contributed by atoms with Crippen LogP contribution >= 0.6 is 0 Å². The third kappa shape index (κ3) is 5.88. The summed E-state index contributed by atoms with van der Waals surface area (Å²) in [5.41, 5.74) is 1.79. The van der Waals surface area contributed by atoms with E-state index in [2.05, 4.69) is 20.8 Å². The monoisotopic (exact) mass is 364 g/mol. The zero-order chi connectivity index (χ0) is 18.7. The van der Waals surface area contributed by atoms with Crippen molar-refractivity contribution in [3.63, 3.8) is 0 Å². The van der Waals surface area contributed by atoms with Crippen molar-refractivity contribution in [2.24, 2.45) is 4.99 Å². The second-order valence-electron chi connectivity index (χ2n) is 5.83. The van der Waals surface area contributed by atoms with Gasteiger partial charge in [0.05, 0.1) is 13.1 Å². The van der Waals surface area contributed by atoms with Gasteiger partial charge in [-0.3, -0.25) is 0 Å². The van der Waals surface area contributed by atoms with E-state index in [-0.39, 0.29) is 0 Å². The van der Waals surface area contributed by atoms with Crippen LogP contribution in [0.3, 0.4) is 0 Å². The normalized spacial score (nSPS) is 11.2. The predicted molar refractivity (Wildman–Crippen MR) is 107 cm³/mol. The maximum atomic E-state index is 5.68. The lowest BCUT2D eigenvalue weighted by Gasteiger charge is -2.11. The average Bonchev–Trinajstić information content (AvgIpc) is 3.20. The summed E-state index contributed by atoms with van der Waals surface area (Å²) in [5.74, 6) is 2.32. The Labute approximate surface area is 159 Å². The first-order valence-corrected chi connectivity index (χ1v) is 9.06. The van der Waals surface area contributed by atoms with Gasteiger partial charge < -0.3 is 19.9 Å². The molecule has 0 saturated heterocycles. The van der Waals surface area contributed by atoms with E-state index in [4.69, 9.17) is 9.26 Å². The molecule has 0 saturated carbocycles. The maximum Gasteiger partial charge on any atom is 0.191 e. The Balaban J connectivity index is 1.50. The van der Waals surface area contributed by atoms with Crippen LogP contribution < -0.4 is 15.4 Å². The molecule has 0 spiro atoms. The third-order valence-electron chi connectivity index (χ3n) is 3.77. The molecule has 0 aliphatic carbocycles. The molecule has 3 aromatic rings. The molecule has 27 heavy (non-hydrogen) atoms. The standard InChI is InChI=1S/C21H24N4O2/c1-2-22-21(23-13-14-26-19-11-7-4-8-12-19)24-16-18-15-20(27-25-18)17-9-5-3-6-10-17/h3-12,15H,2,13-14,16H2,1H3,(H2,22,23,24). The van der Waals surface area contributed by atoms with Gasteiger partial charge in [0.2, 0.25) is 0 Å². The zero-order valence-corrected chi connectivity index (χ0v) is 15.4. The van der Waals surface area contributed by atoms with Crippen molar-refractivity contribution < 1.29 is 9.26 Å². The van der Waals surface area contributed by atoms with Crippen molar-refractivity contribution in [1.29, 1.82) is 0 Å². The number of nitrogens with one attached hydrogen (secondary N) is 2. The summed E-state index contributed by atoms with van der Waals surface area (Å²) in [5, 5.41) is 10.6. The highest BCUT2D eigenvalue weighted by Gasteiger charge is 2.06. The minimum Gasteiger partial charge on any atom is -0.492 e. The molecule has 1 heterocycles. The molecule has 6 nitrogen and oxygen atoms in total. The SMILES string of the molecule is CCNC(=NCc1cc(-c2ccccc2)on1)NCCOc1ccccc1. The summed E-state index contributed by atoms with van der Waals surface area (Å²) in [7, 11) is 0. The molecule has 0 fully saturated rings. The molecular formula is C21H24N4O2. The molecule has 0 aliphatic heterocycles. The number of aliphatic imine (C=N–C) groups is 1. The number of hydrogen-bond acceptors (Lipinski definition) is 4. The molecule has 0 bridgehead atoms. The molecule has 0 atom stereocenters. The van der Waals surface area contributed by atoms with Crippen molar-refractivity contribution in [2.75, 3.05) is 19.7 Å². The summed E-state index contributed by atoms with van der Waals surface area (Å²) < 4.78 is 11.1. The fourth-order valence-electron chi connectivity index (χ4n) is 2.48. The van der Waals surface area contributed by atoms with Crippen molar-refractivity contribution >= 4 is 5.96 Å². The van der Waals surface area contributed by atoms with Gasteiger partial charge in [0.15, 0.2) is 11.7 Å². The Kier molecular flexibility index (Phi) is 6.86. The van der Waals surface area contributed by atoms with Gasteiger partial charge in [-0.2, -0.15) is 0 Å². The second kappa shape index (κ2) is 10.0.